The number of piperazine rings is 1. The Kier molecular flexibility index (Phi) is 8.30. The van der Waals surface area contributed by atoms with Gasteiger partial charge in [-0.05, 0) is 56.7 Å². The van der Waals surface area contributed by atoms with Crippen LogP contribution in [0.1, 0.15) is 20.8 Å². The highest BCUT2D eigenvalue weighted by Crippen LogP contribution is 2.36. The number of pyridine rings is 1. The number of nitrogens with zero attached hydrogens (tertiary/aromatic N) is 6. The van der Waals surface area contributed by atoms with Gasteiger partial charge in [0, 0.05) is 56.4 Å². The molecular formula is C30H32F2N6O5S. The number of hydrogen-bond acceptors (Lipinski definition) is 9. The maximum atomic E-state index is 14.5. The molecule has 1 fully saturated rings. The zero-order valence-corrected chi connectivity index (χ0v) is 25.7. The largest absolute Gasteiger partial charge is 0.479 e. The predicted octanol–water partition coefficient (Wildman–Crippen LogP) is 4.86. The summed E-state index contributed by atoms with van der Waals surface area (Å²) in [6.45, 7) is 7.47. The molecule has 2 aromatic carbocycles. The lowest BCUT2D eigenvalue weighted by molar-refractivity contribution is 0.0240. The van der Waals surface area contributed by atoms with Gasteiger partial charge in [-0.25, -0.2) is 36.9 Å². The fourth-order valence-corrected chi connectivity index (χ4v) is 6.07. The Bertz CT molecular complexity index is 1820. The molecule has 5 rings (SSSR count). The van der Waals surface area contributed by atoms with Crippen molar-refractivity contribution in [1.29, 1.82) is 0 Å². The molecule has 0 spiro atoms. The van der Waals surface area contributed by atoms with Crippen LogP contribution in [-0.2, 0) is 14.8 Å². The van der Waals surface area contributed by atoms with Crippen LogP contribution in [0.5, 0.6) is 5.88 Å². The number of carbonyl (C=O) groups excluding carboxylic acids is 1. The average molecular weight is 627 g/mol. The Labute approximate surface area is 254 Å². The molecular weight excluding hydrogens is 594 g/mol. The van der Waals surface area contributed by atoms with Crippen LogP contribution in [-0.4, -0.2) is 80.3 Å². The molecule has 0 atom stereocenters. The van der Waals surface area contributed by atoms with Crippen molar-refractivity contribution in [3.63, 3.8) is 0 Å². The van der Waals surface area contributed by atoms with Crippen LogP contribution < -0.4 is 13.9 Å². The van der Waals surface area contributed by atoms with E-state index in [0.29, 0.717) is 54.7 Å². The smallest absolute Gasteiger partial charge is 0.410 e. The van der Waals surface area contributed by atoms with Crippen LogP contribution in [0.15, 0.2) is 59.9 Å². The van der Waals surface area contributed by atoms with Crippen LogP contribution in [0.25, 0.3) is 22.0 Å². The lowest BCUT2D eigenvalue weighted by atomic mass is 10.0. The number of sulfonamides is 1. The molecule has 1 amide bonds. The van der Waals surface area contributed by atoms with E-state index < -0.39 is 32.2 Å². The first-order valence-corrected chi connectivity index (χ1v) is 15.2. The van der Waals surface area contributed by atoms with Gasteiger partial charge in [0.25, 0.3) is 10.0 Å². The standard InChI is InChI=1S/C30H32F2N6O5S/c1-30(2,3)43-29(39)38-12-10-37(11-13-38)27-22-14-19(6-8-24(22)34-18-35-27)20-15-25(28(42-5)33-17-20)36(4)44(40,41)26-9-7-21(31)16-23(26)32/h6-9,14-18H,10-13H2,1-5H3. The van der Waals surface area contributed by atoms with E-state index in [1.165, 1.54) is 26.7 Å². The van der Waals surface area contributed by atoms with Gasteiger partial charge in [-0.3, -0.25) is 4.31 Å². The van der Waals surface area contributed by atoms with Crippen molar-refractivity contribution in [1.82, 2.24) is 19.9 Å². The molecule has 232 valence electrons. The third kappa shape index (κ3) is 6.20. The second kappa shape index (κ2) is 11.8. The van der Waals surface area contributed by atoms with E-state index in [0.717, 1.165) is 21.8 Å². The van der Waals surface area contributed by atoms with Gasteiger partial charge in [-0.1, -0.05) is 6.07 Å². The number of methoxy groups -OCH3 is 1. The summed E-state index contributed by atoms with van der Waals surface area (Å²) in [4.78, 5) is 28.8. The van der Waals surface area contributed by atoms with Gasteiger partial charge in [-0.2, -0.15) is 0 Å². The van der Waals surface area contributed by atoms with Gasteiger partial charge in [0.1, 0.15) is 40.0 Å². The Morgan fingerprint density at radius 3 is 2.34 bits per heavy atom. The second-order valence-electron chi connectivity index (χ2n) is 11.2. The van der Waals surface area contributed by atoms with E-state index in [4.69, 9.17) is 9.47 Å². The van der Waals surface area contributed by atoms with Crippen LogP contribution in [0, 0.1) is 11.6 Å². The third-order valence-electron chi connectivity index (χ3n) is 7.08. The van der Waals surface area contributed by atoms with Crippen molar-refractivity contribution in [2.45, 2.75) is 31.3 Å². The summed E-state index contributed by atoms with van der Waals surface area (Å²) in [6, 6.07) is 9.35. The maximum Gasteiger partial charge on any atom is 0.410 e. The average Bonchev–Trinajstić information content (AvgIpc) is 2.98. The van der Waals surface area contributed by atoms with Gasteiger partial charge in [0.05, 0.1) is 12.6 Å². The number of benzene rings is 2. The van der Waals surface area contributed by atoms with Gasteiger partial charge in [0.15, 0.2) is 0 Å². The van der Waals surface area contributed by atoms with Crippen molar-refractivity contribution >= 4 is 38.5 Å². The number of hydrogen-bond donors (Lipinski definition) is 0. The number of ether oxygens (including phenoxy) is 2. The number of aromatic nitrogens is 3. The number of amides is 1. The molecule has 0 unspecified atom stereocenters. The first kappa shape index (κ1) is 30.9. The van der Waals surface area contributed by atoms with Gasteiger partial charge >= 0.3 is 6.09 Å². The third-order valence-corrected chi connectivity index (χ3v) is 8.88. The summed E-state index contributed by atoms with van der Waals surface area (Å²) < 4.78 is 66.3. The Morgan fingerprint density at radius 2 is 1.68 bits per heavy atom. The van der Waals surface area contributed by atoms with Gasteiger partial charge < -0.3 is 19.3 Å². The molecule has 0 radical (unpaired) electrons. The maximum absolute atomic E-state index is 14.5. The number of carbonyl (C=O) groups is 1. The molecule has 11 nitrogen and oxygen atoms in total. The second-order valence-corrected chi connectivity index (χ2v) is 13.1. The number of halogens is 2. The Hall–Kier alpha value is -4.59. The van der Waals surface area contributed by atoms with Crippen molar-refractivity contribution in [3.8, 4) is 17.0 Å². The Balaban J connectivity index is 1.46. The molecule has 14 heteroatoms. The molecule has 3 heterocycles. The summed E-state index contributed by atoms with van der Waals surface area (Å²) in [5.74, 6) is -1.42. The van der Waals surface area contributed by atoms with Gasteiger partial charge in [-0.15, -0.1) is 0 Å². The normalized spacial score (nSPS) is 14.1. The number of rotatable bonds is 6. The van der Waals surface area contributed by atoms with Crippen molar-refractivity contribution in [2.24, 2.45) is 0 Å². The van der Waals surface area contributed by atoms with E-state index in [-0.39, 0.29) is 17.7 Å². The molecule has 1 aliphatic heterocycles. The molecule has 44 heavy (non-hydrogen) atoms. The lowest BCUT2D eigenvalue weighted by Gasteiger charge is -2.36. The SMILES string of the molecule is COc1ncc(-c2ccc3ncnc(N4CCN(C(=O)OC(C)(C)C)CC4)c3c2)cc1N(C)S(=O)(=O)c1ccc(F)cc1F. The molecule has 4 aromatic rings. The molecule has 0 N–H and O–H groups in total. The van der Waals surface area contributed by atoms with E-state index in [2.05, 4.69) is 19.9 Å². The van der Waals surface area contributed by atoms with Crippen molar-refractivity contribution in [3.05, 3.63) is 66.6 Å². The lowest BCUT2D eigenvalue weighted by Crippen LogP contribution is -2.50. The summed E-state index contributed by atoms with van der Waals surface area (Å²) in [5.41, 5.74) is 1.41. The highest BCUT2D eigenvalue weighted by atomic mass is 32.2. The fraction of sp³-hybridized carbons (Fsp3) is 0.333. The quantitative estimate of drug-likeness (QED) is 0.296. The molecule has 2 aromatic heterocycles. The van der Waals surface area contributed by atoms with Crippen LogP contribution in [0.3, 0.4) is 0 Å². The van der Waals surface area contributed by atoms with Crippen molar-refractivity contribution in [2.75, 3.05) is 49.5 Å². The minimum absolute atomic E-state index is 0.00462. The van der Waals surface area contributed by atoms with E-state index in [9.17, 15) is 22.0 Å². The highest BCUT2D eigenvalue weighted by Gasteiger charge is 2.29. The van der Waals surface area contributed by atoms with Crippen LogP contribution in [0.4, 0.5) is 25.1 Å². The molecule has 1 aliphatic rings. The minimum atomic E-state index is -4.44. The summed E-state index contributed by atoms with van der Waals surface area (Å²) in [6.07, 6.45) is 2.66. The van der Waals surface area contributed by atoms with Crippen LogP contribution in [0.2, 0.25) is 0 Å². The van der Waals surface area contributed by atoms with E-state index in [1.54, 1.807) is 11.0 Å². The predicted molar refractivity (Wildman–Crippen MR) is 161 cm³/mol. The van der Waals surface area contributed by atoms with Crippen molar-refractivity contribution < 1.29 is 31.5 Å². The summed E-state index contributed by atoms with van der Waals surface area (Å²) >= 11 is 0. The fourth-order valence-electron chi connectivity index (χ4n) is 4.84. The topological polar surface area (TPSA) is 118 Å². The molecule has 0 saturated carbocycles. The summed E-state index contributed by atoms with van der Waals surface area (Å²) in [5, 5.41) is 0.752. The van der Waals surface area contributed by atoms with Crippen LogP contribution >= 0.6 is 0 Å². The zero-order valence-electron chi connectivity index (χ0n) is 24.9. The zero-order chi connectivity index (χ0) is 31.8. The Morgan fingerprint density at radius 1 is 0.955 bits per heavy atom. The first-order valence-electron chi connectivity index (χ1n) is 13.7. The monoisotopic (exact) mass is 626 g/mol. The molecule has 0 aliphatic carbocycles. The molecule has 0 bridgehead atoms. The minimum Gasteiger partial charge on any atom is -0.479 e. The highest BCUT2D eigenvalue weighted by molar-refractivity contribution is 7.92. The van der Waals surface area contributed by atoms with E-state index >= 15 is 0 Å². The first-order chi connectivity index (χ1) is 20.8. The number of fused-ring (bicyclic) bond motifs is 1. The molecule has 1 saturated heterocycles. The van der Waals surface area contributed by atoms with E-state index in [1.807, 2.05) is 39.0 Å². The summed E-state index contributed by atoms with van der Waals surface area (Å²) in [7, 11) is -1.86. The number of anilines is 2. The van der Waals surface area contributed by atoms with Gasteiger partial charge in [0.2, 0.25) is 5.88 Å².